The molecular formula is C19H27N3O2. The Hall–Kier alpha value is -2.04. The largest absolute Gasteiger partial charge is 0.342 e. The molecule has 2 atom stereocenters. The molecule has 130 valence electrons. The molecule has 24 heavy (non-hydrogen) atoms. The second-order valence-corrected chi connectivity index (χ2v) is 6.93. The molecule has 1 aliphatic heterocycles. The summed E-state index contributed by atoms with van der Waals surface area (Å²) in [6, 6.07) is 9.04. The van der Waals surface area contributed by atoms with Crippen LogP contribution < -0.4 is 10.6 Å². The molecule has 1 aromatic rings. The van der Waals surface area contributed by atoms with Crippen molar-refractivity contribution in [1.29, 1.82) is 0 Å². The van der Waals surface area contributed by atoms with E-state index in [1.54, 1.807) is 0 Å². The third-order valence-electron chi connectivity index (χ3n) is 5.30. The van der Waals surface area contributed by atoms with E-state index in [0.717, 1.165) is 31.1 Å². The fraction of sp³-hybridized carbons (Fsp3) is 0.579. The van der Waals surface area contributed by atoms with Crippen LogP contribution in [-0.4, -0.2) is 36.5 Å². The van der Waals surface area contributed by atoms with Crippen molar-refractivity contribution in [3.05, 3.63) is 30.3 Å². The highest BCUT2D eigenvalue weighted by molar-refractivity contribution is 5.89. The van der Waals surface area contributed by atoms with Crippen LogP contribution in [0.15, 0.2) is 30.3 Å². The van der Waals surface area contributed by atoms with Crippen molar-refractivity contribution in [3.63, 3.8) is 0 Å². The molecule has 2 N–H and O–H groups in total. The molecule has 1 aromatic carbocycles. The number of fused-ring (bicyclic) bond motifs is 1. The fourth-order valence-electron chi connectivity index (χ4n) is 3.97. The van der Waals surface area contributed by atoms with Crippen molar-refractivity contribution in [2.75, 3.05) is 25.0 Å². The Morgan fingerprint density at radius 1 is 1.04 bits per heavy atom. The van der Waals surface area contributed by atoms with Gasteiger partial charge in [-0.2, -0.15) is 0 Å². The Labute approximate surface area is 143 Å². The van der Waals surface area contributed by atoms with Crippen LogP contribution in [0.2, 0.25) is 0 Å². The summed E-state index contributed by atoms with van der Waals surface area (Å²) >= 11 is 0. The number of hydrogen-bond acceptors (Lipinski definition) is 2. The van der Waals surface area contributed by atoms with E-state index in [0.29, 0.717) is 18.9 Å². The maximum Gasteiger partial charge on any atom is 0.319 e. The van der Waals surface area contributed by atoms with E-state index in [2.05, 4.69) is 10.6 Å². The highest BCUT2D eigenvalue weighted by Crippen LogP contribution is 2.36. The van der Waals surface area contributed by atoms with Crippen molar-refractivity contribution in [2.45, 2.75) is 38.5 Å². The molecule has 0 spiro atoms. The first-order valence-electron chi connectivity index (χ1n) is 9.10. The summed E-state index contributed by atoms with van der Waals surface area (Å²) in [6.45, 7) is 2.18. The van der Waals surface area contributed by atoms with Gasteiger partial charge in [-0.25, -0.2) is 4.79 Å². The molecule has 2 aliphatic rings. The molecule has 0 unspecified atom stereocenters. The molecule has 3 rings (SSSR count). The molecule has 1 saturated carbocycles. The lowest BCUT2D eigenvalue weighted by Gasteiger charge is -2.41. The smallest absolute Gasteiger partial charge is 0.319 e. The lowest BCUT2D eigenvalue weighted by atomic mass is 9.75. The van der Waals surface area contributed by atoms with E-state index in [4.69, 9.17) is 0 Å². The number of carbonyl (C=O) groups is 2. The van der Waals surface area contributed by atoms with Crippen molar-refractivity contribution in [2.24, 2.45) is 11.8 Å². The van der Waals surface area contributed by atoms with E-state index in [1.165, 1.54) is 25.7 Å². The van der Waals surface area contributed by atoms with E-state index in [1.807, 2.05) is 35.2 Å². The molecule has 1 heterocycles. The number of amides is 3. The number of hydrogen-bond donors (Lipinski definition) is 2. The topological polar surface area (TPSA) is 61.4 Å². The number of benzene rings is 1. The number of piperidine rings is 1. The van der Waals surface area contributed by atoms with Gasteiger partial charge in [-0.3, -0.25) is 4.79 Å². The zero-order chi connectivity index (χ0) is 16.8. The first-order valence-corrected chi connectivity index (χ1v) is 9.10. The van der Waals surface area contributed by atoms with Gasteiger partial charge in [0, 0.05) is 31.7 Å². The van der Waals surface area contributed by atoms with Gasteiger partial charge in [-0.15, -0.1) is 0 Å². The number of para-hydroxylation sites is 1. The van der Waals surface area contributed by atoms with Gasteiger partial charge in [0.1, 0.15) is 0 Å². The van der Waals surface area contributed by atoms with Crippen LogP contribution in [0, 0.1) is 11.8 Å². The third-order valence-corrected chi connectivity index (χ3v) is 5.30. The van der Waals surface area contributed by atoms with Crippen LogP contribution in [-0.2, 0) is 4.79 Å². The maximum atomic E-state index is 12.4. The zero-order valence-electron chi connectivity index (χ0n) is 14.2. The second-order valence-electron chi connectivity index (χ2n) is 6.93. The Kier molecular flexibility index (Phi) is 5.72. The molecule has 0 aromatic heterocycles. The Bertz CT molecular complexity index is 561. The number of anilines is 1. The summed E-state index contributed by atoms with van der Waals surface area (Å²) in [5, 5.41) is 5.52. The number of nitrogens with zero attached hydrogens (tertiary/aromatic N) is 1. The third kappa shape index (κ3) is 4.49. The predicted molar refractivity (Wildman–Crippen MR) is 94.7 cm³/mol. The molecular weight excluding hydrogens is 302 g/mol. The molecule has 1 aliphatic carbocycles. The SMILES string of the molecule is O=C(NCCC(=O)N1CC[C@@H]2CCCC[C@@H]2C1)Nc1ccccc1. The van der Waals surface area contributed by atoms with E-state index in [9.17, 15) is 9.59 Å². The van der Waals surface area contributed by atoms with Crippen LogP contribution in [0.25, 0.3) is 0 Å². The van der Waals surface area contributed by atoms with Gasteiger partial charge in [0.25, 0.3) is 0 Å². The average molecular weight is 329 g/mol. The first kappa shape index (κ1) is 16.8. The molecule has 2 fully saturated rings. The Morgan fingerprint density at radius 2 is 1.79 bits per heavy atom. The van der Waals surface area contributed by atoms with Gasteiger partial charge in [0.2, 0.25) is 5.91 Å². The molecule has 0 bridgehead atoms. The summed E-state index contributed by atoms with van der Waals surface area (Å²) in [6.07, 6.45) is 6.80. The van der Waals surface area contributed by atoms with E-state index >= 15 is 0 Å². The van der Waals surface area contributed by atoms with Gasteiger partial charge >= 0.3 is 6.03 Å². The fourth-order valence-corrected chi connectivity index (χ4v) is 3.97. The second kappa shape index (κ2) is 8.18. The number of nitrogens with one attached hydrogen (secondary N) is 2. The maximum absolute atomic E-state index is 12.4. The number of likely N-dealkylation sites (tertiary alicyclic amines) is 1. The number of urea groups is 1. The highest BCUT2D eigenvalue weighted by Gasteiger charge is 2.32. The molecule has 5 heteroatoms. The molecule has 1 saturated heterocycles. The summed E-state index contributed by atoms with van der Waals surface area (Å²) in [5.41, 5.74) is 0.751. The van der Waals surface area contributed by atoms with Gasteiger partial charge in [0.05, 0.1) is 0 Å². The Morgan fingerprint density at radius 3 is 2.58 bits per heavy atom. The molecule has 0 radical (unpaired) electrons. The lowest BCUT2D eigenvalue weighted by molar-refractivity contribution is -0.134. The van der Waals surface area contributed by atoms with Crippen LogP contribution >= 0.6 is 0 Å². The van der Waals surface area contributed by atoms with Crippen LogP contribution in [0.4, 0.5) is 10.5 Å². The quantitative estimate of drug-likeness (QED) is 0.891. The molecule has 3 amide bonds. The molecule has 5 nitrogen and oxygen atoms in total. The van der Waals surface area contributed by atoms with Crippen molar-refractivity contribution < 1.29 is 9.59 Å². The predicted octanol–water partition coefficient (Wildman–Crippen LogP) is 3.24. The number of carbonyl (C=O) groups excluding carboxylic acids is 2. The minimum atomic E-state index is -0.264. The average Bonchev–Trinajstić information content (AvgIpc) is 2.62. The van der Waals surface area contributed by atoms with Gasteiger partial charge in [-0.05, 0) is 36.8 Å². The van der Waals surface area contributed by atoms with Crippen LogP contribution in [0.3, 0.4) is 0 Å². The minimum absolute atomic E-state index is 0.166. The first-order chi connectivity index (χ1) is 11.7. The van der Waals surface area contributed by atoms with E-state index in [-0.39, 0.29) is 11.9 Å². The van der Waals surface area contributed by atoms with Crippen molar-refractivity contribution in [3.8, 4) is 0 Å². The van der Waals surface area contributed by atoms with Gasteiger partial charge in [0.15, 0.2) is 0 Å². The van der Waals surface area contributed by atoms with Crippen molar-refractivity contribution in [1.82, 2.24) is 10.2 Å². The minimum Gasteiger partial charge on any atom is -0.342 e. The van der Waals surface area contributed by atoms with E-state index < -0.39 is 0 Å². The zero-order valence-corrected chi connectivity index (χ0v) is 14.2. The van der Waals surface area contributed by atoms with Crippen LogP contribution in [0.1, 0.15) is 38.5 Å². The summed E-state index contributed by atoms with van der Waals surface area (Å²) in [7, 11) is 0. The number of rotatable bonds is 4. The monoisotopic (exact) mass is 329 g/mol. The summed E-state index contributed by atoms with van der Waals surface area (Å²) in [4.78, 5) is 26.2. The van der Waals surface area contributed by atoms with Gasteiger partial charge in [-0.1, -0.05) is 37.5 Å². The standard InChI is InChI=1S/C19H27N3O2/c23-18(22-13-11-15-6-4-5-7-16(15)14-22)10-12-20-19(24)21-17-8-2-1-3-9-17/h1-3,8-9,15-16H,4-7,10-14H2,(H2,20,21,24)/t15-,16+/m0/s1. The summed E-state index contributed by atoms with van der Waals surface area (Å²) in [5.74, 6) is 1.70. The highest BCUT2D eigenvalue weighted by atomic mass is 16.2. The lowest BCUT2D eigenvalue weighted by Crippen LogP contribution is -2.45. The summed E-state index contributed by atoms with van der Waals surface area (Å²) < 4.78 is 0. The van der Waals surface area contributed by atoms with Gasteiger partial charge < -0.3 is 15.5 Å². The van der Waals surface area contributed by atoms with Crippen LogP contribution in [0.5, 0.6) is 0 Å². The Balaban J connectivity index is 1.37. The van der Waals surface area contributed by atoms with Crippen molar-refractivity contribution >= 4 is 17.6 Å². The normalized spacial score (nSPS) is 23.2.